The van der Waals surface area contributed by atoms with Crippen LogP contribution in [-0.4, -0.2) is 38.1 Å². The third-order valence-electron chi connectivity index (χ3n) is 5.16. The van der Waals surface area contributed by atoms with Gasteiger partial charge >= 0.3 is 0 Å². The lowest BCUT2D eigenvalue weighted by molar-refractivity contribution is -1.02. The van der Waals surface area contributed by atoms with Crippen molar-refractivity contribution in [1.29, 1.82) is 5.26 Å². The molecule has 1 aliphatic heterocycles. The van der Waals surface area contributed by atoms with Gasteiger partial charge in [-0.15, -0.1) is 0 Å². The molecule has 0 bridgehead atoms. The molecule has 5 heteroatoms. The minimum atomic E-state index is -0.0981. The number of rotatable bonds is 5. The summed E-state index contributed by atoms with van der Waals surface area (Å²) in [5.41, 5.74) is 2.61. The molecule has 0 unspecified atom stereocenters. The number of nitrogens with zero attached hydrogens (tertiary/aromatic N) is 1. The molecule has 0 spiro atoms. The van der Waals surface area contributed by atoms with Crippen LogP contribution in [0.2, 0.25) is 0 Å². The van der Waals surface area contributed by atoms with Gasteiger partial charge in [-0.1, -0.05) is 36.4 Å². The summed E-state index contributed by atoms with van der Waals surface area (Å²) in [6, 6.07) is 19.6. The molecular weight excluding hydrogens is 324 g/mol. The fourth-order valence-electron chi connectivity index (χ4n) is 3.52. The number of anilines is 1. The van der Waals surface area contributed by atoms with Gasteiger partial charge in [-0.3, -0.25) is 4.79 Å². The Morgan fingerprint density at radius 1 is 1.12 bits per heavy atom. The van der Waals surface area contributed by atoms with Gasteiger partial charge in [-0.2, -0.15) is 5.26 Å². The van der Waals surface area contributed by atoms with Gasteiger partial charge in [0.2, 0.25) is 0 Å². The number of nitrogens with one attached hydrogen (secondary N) is 3. The molecule has 134 valence electrons. The van der Waals surface area contributed by atoms with Crippen LogP contribution < -0.4 is 15.1 Å². The molecule has 3 rings (SSSR count). The molecule has 2 aromatic rings. The second-order valence-corrected chi connectivity index (χ2v) is 6.97. The molecule has 0 radical (unpaired) electrons. The number of amides is 1. The summed E-state index contributed by atoms with van der Waals surface area (Å²) < 4.78 is 0. The van der Waals surface area contributed by atoms with Gasteiger partial charge in [0.15, 0.2) is 6.04 Å². The zero-order valence-corrected chi connectivity index (χ0v) is 15.2. The molecule has 1 heterocycles. The van der Waals surface area contributed by atoms with E-state index in [1.807, 2.05) is 19.1 Å². The smallest absolute Gasteiger partial charge is 0.282 e. The maximum atomic E-state index is 12.6. The van der Waals surface area contributed by atoms with E-state index in [1.165, 1.54) is 10.5 Å². The van der Waals surface area contributed by atoms with Gasteiger partial charge in [-0.25, -0.2) is 0 Å². The molecule has 5 nitrogen and oxygen atoms in total. The summed E-state index contributed by atoms with van der Waals surface area (Å²) in [4.78, 5) is 15.5. The van der Waals surface area contributed by atoms with Crippen molar-refractivity contribution in [2.24, 2.45) is 0 Å². The van der Waals surface area contributed by atoms with E-state index in [-0.39, 0.29) is 11.9 Å². The van der Waals surface area contributed by atoms with Crippen LogP contribution in [-0.2, 0) is 11.3 Å². The minimum Gasteiger partial charge on any atom is -0.322 e. The number of hydrogen-bond acceptors (Lipinski definition) is 2. The molecule has 0 saturated carbocycles. The molecule has 0 aliphatic carbocycles. The summed E-state index contributed by atoms with van der Waals surface area (Å²) in [6.45, 7) is 7.18. The highest BCUT2D eigenvalue weighted by molar-refractivity contribution is 5.93. The highest BCUT2D eigenvalue weighted by atomic mass is 16.2. The monoisotopic (exact) mass is 350 g/mol. The fraction of sp³-hybridized carbons (Fsp3) is 0.333. The standard InChI is InChI=1S/C21H24N4O/c1-17(21(26)23-20-9-5-8-19(14-20)15-22)25-12-10-24(11-13-25)16-18-6-3-2-4-7-18/h2-9,14,17H,10-13,16H2,1H3,(H,23,26)/p+2/t17-/m1/s1. The van der Waals surface area contributed by atoms with E-state index in [9.17, 15) is 4.79 Å². The molecule has 26 heavy (non-hydrogen) atoms. The van der Waals surface area contributed by atoms with Gasteiger partial charge in [0.1, 0.15) is 32.7 Å². The van der Waals surface area contributed by atoms with Crippen molar-refractivity contribution in [3.05, 3.63) is 65.7 Å². The Hall–Kier alpha value is -2.68. The van der Waals surface area contributed by atoms with Crippen LogP contribution in [0.5, 0.6) is 0 Å². The zero-order chi connectivity index (χ0) is 18.4. The van der Waals surface area contributed by atoms with Crippen molar-refractivity contribution >= 4 is 11.6 Å². The second kappa shape index (κ2) is 8.61. The highest BCUT2D eigenvalue weighted by Crippen LogP contribution is 2.09. The van der Waals surface area contributed by atoms with E-state index in [2.05, 4.69) is 35.7 Å². The van der Waals surface area contributed by atoms with E-state index in [1.54, 1.807) is 23.1 Å². The number of hydrogen-bond donors (Lipinski definition) is 3. The predicted octanol–water partition coefficient (Wildman–Crippen LogP) is -0.131. The summed E-state index contributed by atoms with van der Waals surface area (Å²) in [7, 11) is 0. The summed E-state index contributed by atoms with van der Waals surface area (Å²) in [5.74, 6) is 0.0154. The van der Waals surface area contributed by atoms with E-state index < -0.39 is 0 Å². The third kappa shape index (κ3) is 4.69. The molecular formula is C21H26N4O+2. The van der Waals surface area contributed by atoms with Crippen molar-refractivity contribution in [2.75, 3.05) is 31.5 Å². The Kier molecular flexibility index (Phi) is 6.00. The average molecular weight is 350 g/mol. The van der Waals surface area contributed by atoms with Crippen LogP contribution >= 0.6 is 0 Å². The van der Waals surface area contributed by atoms with E-state index in [0.29, 0.717) is 11.3 Å². The number of benzene rings is 2. The van der Waals surface area contributed by atoms with Crippen molar-refractivity contribution < 1.29 is 14.6 Å². The topological polar surface area (TPSA) is 61.8 Å². The van der Waals surface area contributed by atoms with Crippen LogP contribution in [0.3, 0.4) is 0 Å². The summed E-state index contributed by atoms with van der Waals surface area (Å²) in [6.07, 6.45) is 0. The Bertz CT molecular complexity index is 776. The molecule has 1 atom stereocenters. The first-order chi connectivity index (χ1) is 12.7. The Morgan fingerprint density at radius 2 is 1.85 bits per heavy atom. The predicted molar refractivity (Wildman–Crippen MR) is 101 cm³/mol. The maximum Gasteiger partial charge on any atom is 0.282 e. The first kappa shape index (κ1) is 18.1. The number of carbonyl (C=O) groups excluding carboxylic acids is 1. The lowest BCUT2D eigenvalue weighted by Gasteiger charge is -2.32. The number of quaternary nitrogens is 2. The third-order valence-corrected chi connectivity index (χ3v) is 5.16. The van der Waals surface area contributed by atoms with Crippen LogP contribution in [0.1, 0.15) is 18.1 Å². The normalized spacial score (nSPS) is 20.8. The largest absolute Gasteiger partial charge is 0.322 e. The average Bonchev–Trinajstić information content (AvgIpc) is 2.69. The lowest BCUT2D eigenvalue weighted by Crippen LogP contribution is -3.29. The molecule has 1 saturated heterocycles. The SMILES string of the molecule is C[C@H](C(=O)Nc1cccc(C#N)c1)[NH+]1CC[NH+](Cc2ccccc2)CC1. The van der Waals surface area contributed by atoms with Crippen LogP contribution in [0.15, 0.2) is 54.6 Å². The molecule has 1 amide bonds. The van der Waals surface area contributed by atoms with Gasteiger partial charge in [-0.05, 0) is 25.1 Å². The quantitative estimate of drug-likeness (QED) is 0.703. The summed E-state index contributed by atoms with van der Waals surface area (Å²) >= 11 is 0. The first-order valence-corrected chi connectivity index (χ1v) is 9.19. The number of carbonyl (C=O) groups is 1. The lowest BCUT2D eigenvalue weighted by atomic mass is 10.1. The van der Waals surface area contributed by atoms with Crippen molar-refractivity contribution in [1.82, 2.24) is 0 Å². The van der Waals surface area contributed by atoms with Gasteiger partial charge in [0.25, 0.3) is 5.91 Å². The molecule has 3 N–H and O–H groups in total. The summed E-state index contributed by atoms with van der Waals surface area (Å²) in [5, 5.41) is 11.9. The Labute approximate surface area is 154 Å². The fourth-order valence-corrected chi connectivity index (χ4v) is 3.52. The molecule has 2 aromatic carbocycles. The number of nitriles is 1. The maximum absolute atomic E-state index is 12.6. The van der Waals surface area contributed by atoms with E-state index in [0.717, 1.165) is 32.7 Å². The van der Waals surface area contributed by atoms with Gasteiger partial charge in [0, 0.05) is 11.3 Å². The highest BCUT2D eigenvalue weighted by Gasteiger charge is 2.31. The van der Waals surface area contributed by atoms with Crippen LogP contribution in [0, 0.1) is 11.3 Å². The van der Waals surface area contributed by atoms with Gasteiger partial charge < -0.3 is 15.1 Å². The number of piperazine rings is 1. The second-order valence-electron chi connectivity index (χ2n) is 6.97. The van der Waals surface area contributed by atoms with Crippen molar-refractivity contribution in [3.8, 4) is 6.07 Å². The molecule has 1 aliphatic rings. The molecule has 1 fully saturated rings. The van der Waals surface area contributed by atoms with Gasteiger partial charge in [0.05, 0.1) is 11.6 Å². The van der Waals surface area contributed by atoms with Crippen LogP contribution in [0.25, 0.3) is 0 Å². The van der Waals surface area contributed by atoms with Crippen molar-refractivity contribution in [2.45, 2.75) is 19.5 Å². The minimum absolute atomic E-state index is 0.0154. The van der Waals surface area contributed by atoms with Crippen LogP contribution in [0.4, 0.5) is 5.69 Å². The zero-order valence-electron chi connectivity index (χ0n) is 15.2. The van der Waals surface area contributed by atoms with E-state index in [4.69, 9.17) is 5.26 Å². The molecule has 0 aromatic heterocycles. The van der Waals surface area contributed by atoms with Crippen molar-refractivity contribution in [3.63, 3.8) is 0 Å². The first-order valence-electron chi connectivity index (χ1n) is 9.19. The Morgan fingerprint density at radius 3 is 2.54 bits per heavy atom. The Balaban J connectivity index is 1.50. The van der Waals surface area contributed by atoms with E-state index >= 15 is 0 Å².